The summed E-state index contributed by atoms with van der Waals surface area (Å²) in [6, 6.07) is 10.2. The van der Waals surface area contributed by atoms with Gasteiger partial charge in [-0.2, -0.15) is 0 Å². The number of aliphatic hydroxyl groups is 1. The van der Waals surface area contributed by atoms with Gasteiger partial charge in [0.05, 0.1) is 31.4 Å². The molecular formula is C29H35FN2O5. The molecule has 198 valence electrons. The van der Waals surface area contributed by atoms with Crippen molar-refractivity contribution in [1.29, 1.82) is 0 Å². The first-order valence-corrected chi connectivity index (χ1v) is 13.0. The maximum atomic E-state index is 13.7. The van der Waals surface area contributed by atoms with Crippen LogP contribution >= 0.6 is 0 Å². The molecule has 2 heterocycles. The summed E-state index contributed by atoms with van der Waals surface area (Å²) >= 11 is 0. The van der Waals surface area contributed by atoms with Gasteiger partial charge in [0.25, 0.3) is 11.7 Å². The van der Waals surface area contributed by atoms with E-state index in [2.05, 4.69) is 11.8 Å². The molecule has 0 aromatic heterocycles. The van der Waals surface area contributed by atoms with Crippen LogP contribution in [0.3, 0.4) is 0 Å². The Morgan fingerprint density at radius 3 is 2.49 bits per heavy atom. The Balaban J connectivity index is 1.64. The molecule has 0 aliphatic carbocycles. The average Bonchev–Trinajstić information content (AvgIpc) is 3.15. The second kappa shape index (κ2) is 12.3. The van der Waals surface area contributed by atoms with E-state index in [-0.39, 0.29) is 11.3 Å². The van der Waals surface area contributed by atoms with E-state index in [1.807, 2.05) is 13.0 Å². The maximum Gasteiger partial charge on any atom is 0.295 e. The number of rotatable bonds is 10. The number of unbranched alkanes of at least 4 members (excludes halogenated alkanes) is 1. The fourth-order valence-corrected chi connectivity index (χ4v) is 4.86. The average molecular weight is 511 g/mol. The van der Waals surface area contributed by atoms with E-state index < -0.39 is 23.5 Å². The van der Waals surface area contributed by atoms with Crippen molar-refractivity contribution < 1.29 is 28.6 Å². The molecule has 0 bridgehead atoms. The summed E-state index contributed by atoms with van der Waals surface area (Å²) in [7, 11) is 0. The minimum atomic E-state index is -0.801. The molecule has 2 fully saturated rings. The number of ether oxygens (including phenoxy) is 2. The van der Waals surface area contributed by atoms with Gasteiger partial charge >= 0.3 is 0 Å². The number of aryl methyl sites for hydroxylation is 1. The van der Waals surface area contributed by atoms with Crippen molar-refractivity contribution in [2.24, 2.45) is 0 Å². The smallest absolute Gasteiger partial charge is 0.295 e. The molecule has 2 aromatic carbocycles. The highest BCUT2D eigenvalue weighted by Gasteiger charge is 2.46. The molecule has 2 saturated heterocycles. The normalized spacial score (nSPS) is 20.0. The van der Waals surface area contributed by atoms with Gasteiger partial charge in [-0.05, 0) is 61.2 Å². The molecule has 7 nitrogen and oxygen atoms in total. The summed E-state index contributed by atoms with van der Waals surface area (Å²) in [6.07, 6.45) is 2.62. The fraction of sp³-hybridized carbons (Fsp3) is 0.448. The lowest BCUT2D eigenvalue weighted by Crippen LogP contribution is -2.38. The van der Waals surface area contributed by atoms with Gasteiger partial charge in [-0.25, -0.2) is 4.39 Å². The molecular weight excluding hydrogens is 475 g/mol. The molecule has 2 aliphatic heterocycles. The van der Waals surface area contributed by atoms with Crippen molar-refractivity contribution in [1.82, 2.24) is 9.80 Å². The molecule has 1 atom stereocenters. The molecule has 2 aliphatic rings. The van der Waals surface area contributed by atoms with E-state index in [0.29, 0.717) is 49.7 Å². The van der Waals surface area contributed by atoms with E-state index in [1.165, 1.54) is 17.0 Å². The highest BCUT2D eigenvalue weighted by Crippen LogP contribution is 2.40. The highest BCUT2D eigenvalue weighted by molar-refractivity contribution is 6.46. The Morgan fingerprint density at radius 2 is 1.81 bits per heavy atom. The Kier molecular flexibility index (Phi) is 8.95. The number of ketones is 1. The van der Waals surface area contributed by atoms with Crippen LogP contribution in [-0.4, -0.2) is 72.6 Å². The van der Waals surface area contributed by atoms with Crippen LogP contribution in [0.25, 0.3) is 5.76 Å². The number of nitrogens with zero attached hydrogens (tertiary/aromatic N) is 2. The number of halogens is 1. The van der Waals surface area contributed by atoms with Gasteiger partial charge in [0.1, 0.15) is 17.3 Å². The summed E-state index contributed by atoms with van der Waals surface area (Å²) in [6.45, 7) is 8.64. The summed E-state index contributed by atoms with van der Waals surface area (Å²) in [5.74, 6) is -1.36. The first-order chi connectivity index (χ1) is 17.9. The Bertz CT molecular complexity index is 1140. The molecule has 1 N–H and O–H groups in total. The topological polar surface area (TPSA) is 79.3 Å². The van der Waals surface area contributed by atoms with E-state index in [0.717, 1.165) is 38.0 Å². The number of carbonyl (C=O) groups is 2. The number of benzene rings is 2. The molecule has 8 heteroatoms. The molecule has 37 heavy (non-hydrogen) atoms. The molecule has 0 spiro atoms. The zero-order chi connectivity index (χ0) is 26.4. The monoisotopic (exact) mass is 510 g/mol. The Morgan fingerprint density at radius 1 is 1.08 bits per heavy atom. The van der Waals surface area contributed by atoms with Gasteiger partial charge in [0.2, 0.25) is 0 Å². The lowest BCUT2D eigenvalue weighted by molar-refractivity contribution is -0.140. The van der Waals surface area contributed by atoms with Gasteiger partial charge in [0.15, 0.2) is 0 Å². The number of likely N-dealkylation sites (tertiary alicyclic amines) is 1. The van der Waals surface area contributed by atoms with Gasteiger partial charge < -0.3 is 19.5 Å². The first-order valence-electron chi connectivity index (χ1n) is 13.0. The Hall–Kier alpha value is -3.23. The third kappa shape index (κ3) is 6.19. The Labute approximate surface area is 217 Å². The van der Waals surface area contributed by atoms with Crippen LogP contribution in [0.2, 0.25) is 0 Å². The second-order valence-corrected chi connectivity index (χ2v) is 9.53. The number of morpholine rings is 1. The molecule has 1 amide bonds. The minimum absolute atomic E-state index is 0.0192. The lowest BCUT2D eigenvalue weighted by atomic mass is 9.94. The minimum Gasteiger partial charge on any atom is -0.507 e. The summed E-state index contributed by atoms with van der Waals surface area (Å²) in [4.78, 5) is 30.2. The predicted molar refractivity (Wildman–Crippen MR) is 139 cm³/mol. The van der Waals surface area contributed by atoms with E-state index in [1.54, 1.807) is 24.3 Å². The van der Waals surface area contributed by atoms with Crippen LogP contribution in [0, 0.1) is 12.7 Å². The maximum absolute atomic E-state index is 13.7. The fourth-order valence-electron chi connectivity index (χ4n) is 4.86. The number of amides is 1. The molecule has 2 aromatic rings. The van der Waals surface area contributed by atoms with Crippen molar-refractivity contribution in [3.05, 3.63) is 70.5 Å². The van der Waals surface area contributed by atoms with E-state index in [4.69, 9.17) is 9.47 Å². The quantitative estimate of drug-likeness (QED) is 0.220. The van der Waals surface area contributed by atoms with Crippen molar-refractivity contribution >= 4 is 17.4 Å². The number of hydrogen-bond acceptors (Lipinski definition) is 6. The van der Waals surface area contributed by atoms with Gasteiger partial charge in [-0.3, -0.25) is 14.5 Å². The lowest BCUT2D eigenvalue weighted by Gasteiger charge is -2.29. The van der Waals surface area contributed by atoms with Crippen molar-refractivity contribution in [2.75, 3.05) is 46.0 Å². The van der Waals surface area contributed by atoms with Crippen LogP contribution in [-0.2, 0) is 14.3 Å². The highest BCUT2D eigenvalue weighted by atomic mass is 19.1. The first kappa shape index (κ1) is 26.8. The number of hydrogen-bond donors (Lipinski definition) is 1. The molecule has 0 saturated carbocycles. The van der Waals surface area contributed by atoms with Crippen LogP contribution in [0.4, 0.5) is 4.39 Å². The van der Waals surface area contributed by atoms with Crippen molar-refractivity contribution in [2.45, 2.75) is 39.2 Å². The molecule has 0 unspecified atom stereocenters. The predicted octanol–water partition coefficient (Wildman–Crippen LogP) is 4.46. The van der Waals surface area contributed by atoms with Crippen LogP contribution < -0.4 is 4.74 Å². The molecule has 4 rings (SSSR count). The summed E-state index contributed by atoms with van der Waals surface area (Å²) < 4.78 is 24.9. The summed E-state index contributed by atoms with van der Waals surface area (Å²) in [5.41, 5.74) is 1.78. The van der Waals surface area contributed by atoms with Crippen LogP contribution in [0.5, 0.6) is 5.75 Å². The van der Waals surface area contributed by atoms with E-state index in [9.17, 15) is 19.1 Å². The number of Topliss-reactive ketones (excluding diaryl/α,β-unsaturated/α-hetero) is 1. The molecule has 0 radical (unpaired) electrons. The van der Waals surface area contributed by atoms with Gasteiger partial charge in [-0.15, -0.1) is 0 Å². The second-order valence-electron chi connectivity index (χ2n) is 9.53. The van der Waals surface area contributed by atoms with E-state index >= 15 is 0 Å². The standard InChI is InChI=1S/C29H35FN2O5/c1-3-4-16-37-23-10-11-24(20(2)19-23)27(33)25-26(21-6-8-22(30)9-7-21)32(29(35)28(25)34)13-5-12-31-14-17-36-18-15-31/h6-11,19,26,33H,3-5,12-18H2,1-2H3/b27-25+/t26-/m1/s1. The third-order valence-electron chi connectivity index (χ3n) is 6.92. The zero-order valence-electron chi connectivity index (χ0n) is 21.5. The van der Waals surface area contributed by atoms with Crippen molar-refractivity contribution in [3.8, 4) is 5.75 Å². The van der Waals surface area contributed by atoms with Crippen molar-refractivity contribution in [3.63, 3.8) is 0 Å². The van der Waals surface area contributed by atoms with Crippen LogP contribution in [0.15, 0.2) is 48.0 Å². The largest absolute Gasteiger partial charge is 0.507 e. The van der Waals surface area contributed by atoms with Crippen LogP contribution in [0.1, 0.15) is 48.9 Å². The zero-order valence-corrected chi connectivity index (χ0v) is 21.5. The van der Waals surface area contributed by atoms with Gasteiger partial charge in [0, 0.05) is 31.7 Å². The third-order valence-corrected chi connectivity index (χ3v) is 6.92. The van der Waals surface area contributed by atoms with Gasteiger partial charge in [-0.1, -0.05) is 25.5 Å². The number of aliphatic hydroxyl groups excluding tert-OH is 1. The SMILES string of the molecule is CCCCOc1ccc(/C(O)=C2\C(=O)C(=O)N(CCCN3CCOCC3)[C@@H]2c2ccc(F)cc2)c(C)c1. The number of carbonyl (C=O) groups excluding carboxylic acids is 2. The summed E-state index contributed by atoms with van der Waals surface area (Å²) in [5, 5.41) is 11.4.